The van der Waals surface area contributed by atoms with Gasteiger partial charge in [-0.05, 0) is 98.6 Å². The number of anilines is 3. The van der Waals surface area contributed by atoms with Crippen LogP contribution in [0.3, 0.4) is 0 Å². The summed E-state index contributed by atoms with van der Waals surface area (Å²) >= 11 is 1.73. The Labute approximate surface area is 387 Å². The zero-order chi connectivity index (χ0) is 43.6. The van der Waals surface area contributed by atoms with Crippen molar-refractivity contribution >= 4 is 60.6 Å². The summed E-state index contributed by atoms with van der Waals surface area (Å²) in [7, 11) is 0. The molecule has 0 aliphatic heterocycles. The molecule has 0 spiro atoms. The molecule has 3 nitrogen and oxygen atoms in total. The smallest absolute Gasteiger partial charge is 0.143 e. The lowest BCUT2D eigenvalue weighted by atomic mass is 9.67. The lowest BCUT2D eigenvalue weighted by Gasteiger charge is -2.35. The molecule has 0 fully saturated rings. The van der Waals surface area contributed by atoms with E-state index >= 15 is 0 Å². The number of furan rings is 1. The second-order valence-corrected chi connectivity index (χ2v) is 18.1. The molecule has 0 saturated heterocycles. The molecule has 1 aliphatic rings. The van der Waals surface area contributed by atoms with Gasteiger partial charge < -0.3 is 9.32 Å². The first-order valence-corrected chi connectivity index (χ1v) is 23.3. The highest BCUT2D eigenvalue weighted by molar-refractivity contribution is 7.21. The molecule has 0 saturated carbocycles. The van der Waals surface area contributed by atoms with Gasteiger partial charge in [0.25, 0.3) is 0 Å². The first-order chi connectivity index (χ1) is 32.7. The van der Waals surface area contributed by atoms with Crippen molar-refractivity contribution in [3.63, 3.8) is 0 Å². The van der Waals surface area contributed by atoms with Crippen LogP contribution in [0.5, 0.6) is 0 Å². The Morgan fingerprint density at radius 1 is 0.394 bits per heavy atom. The Bertz CT molecular complexity index is 3700. The average molecular weight is 861 g/mol. The lowest BCUT2D eigenvalue weighted by Crippen LogP contribution is -2.28. The molecule has 13 rings (SSSR count). The van der Waals surface area contributed by atoms with E-state index < -0.39 is 5.41 Å². The summed E-state index contributed by atoms with van der Waals surface area (Å²) in [5.74, 6) is 0. The van der Waals surface area contributed by atoms with E-state index in [9.17, 15) is 0 Å². The van der Waals surface area contributed by atoms with Crippen LogP contribution in [0.2, 0.25) is 0 Å². The summed E-state index contributed by atoms with van der Waals surface area (Å²) in [5, 5.41) is 3.25. The minimum absolute atomic E-state index is 0.533. The molecule has 12 aromatic rings. The summed E-state index contributed by atoms with van der Waals surface area (Å²) in [4.78, 5) is 7.68. The third-order valence-electron chi connectivity index (χ3n) is 13.4. The highest BCUT2D eigenvalue weighted by Gasteiger charge is 2.46. The average Bonchev–Trinajstić information content (AvgIpc) is 4.08. The molecule has 0 unspecified atom stereocenters. The monoisotopic (exact) mass is 860 g/mol. The van der Waals surface area contributed by atoms with Crippen LogP contribution in [0, 0.1) is 0 Å². The van der Waals surface area contributed by atoms with Crippen LogP contribution < -0.4 is 4.90 Å². The van der Waals surface area contributed by atoms with E-state index in [0.717, 1.165) is 70.9 Å². The van der Waals surface area contributed by atoms with Gasteiger partial charge in [-0.3, -0.25) is 0 Å². The maximum Gasteiger partial charge on any atom is 0.143 e. The molecule has 0 bridgehead atoms. The summed E-state index contributed by atoms with van der Waals surface area (Å²) < 4.78 is 7.65. The van der Waals surface area contributed by atoms with E-state index in [1.165, 1.54) is 44.5 Å². The SMILES string of the molecule is c1ccc(-c2ccc(-c3nc4cc(N(c5ccc(-c6cccc7c6oc6ccccc67)cc5)c5ccc6c(c5)C(c5ccccc5)(c5ccccc5)c5ccccc5-6)ccc4s3)cc2)cc1. The van der Waals surface area contributed by atoms with Crippen molar-refractivity contribution in [2.45, 2.75) is 5.41 Å². The number of nitrogens with zero attached hydrogens (tertiary/aromatic N) is 2. The van der Waals surface area contributed by atoms with Crippen LogP contribution in [0.4, 0.5) is 17.1 Å². The molecular formula is C62H40N2OS. The van der Waals surface area contributed by atoms with Gasteiger partial charge in [-0.15, -0.1) is 11.3 Å². The second kappa shape index (κ2) is 15.4. The third-order valence-corrected chi connectivity index (χ3v) is 14.5. The highest BCUT2D eigenvalue weighted by atomic mass is 32.1. The number of thiazole rings is 1. The van der Waals surface area contributed by atoms with Gasteiger partial charge in [0.05, 0.1) is 15.6 Å². The Hall–Kier alpha value is -8.31. The van der Waals surface area contributed by atoms with Gasteiger partial charge in [-0.2, -0.15) is 0 Å². The van der Waals surface area contributed by atoms with Gasteiger partial charge in [0.2, 0.25) is 0 Å². The van der Waals surface area contributed by atoms with Crippen molar-refractivity contribution in [3.8, 4) is 44.0 Å². The lowest BCUT2D eigenvalue weighted by molar-refractivity contribution is 0.670. The van der Waals surface area contributed by atoms with Gasteiger partial charge in [0.15, 0.2) is 0 Å². The number of rotatable bonds is 8. The molecule has 2 aromatic heterocycles. The summed E-state index contributed by atoms with van der Waals surface area (Å²) in [5.41, 5.74) is 18.6. The van der Waals surface area contributed by atoms with E-state index in [2.05, 4.69) is 235 Å². The molecule has 66 heavy (non-hydrogen) atoms. The minimum Gasteiger partial charge on any atom is -0.455 e. The molecule has 0 N–H and O–H groups in total. The van der Waals surface area contributed by atoms with Gasteiger partial charge in [0, 0.05) is 39.0 Å². The quantitative estimate of drug-likeness (QED) is 0.152. The van der Waals surface area contributed by atoms with Crippen LogP contribution in [0.1, 0.15) is 22.3 Å². The molecule has 4 heteroatoms. The fourth-order valence-corrected chi connectivity index (χ4v) is 11.3. The molecular weight excluding hydrogens is 821 g/mol. The number of benzene rings is 10. The van der Waals surface area contributed by atoms with Crippen molar-refractivity contribution < 1.29 is 4.42 Å². The standard InChI is InChI=1S/C62H40N2OS/c1-4-15-41(16-5-1)42-27-29-44(30-28-42)61-63-57-40-49(36-38-59(57)66-61)64(47-33-31-43(32-34-47)50-23-14-24-54-53-22-11-13-26-58(53)65-60(50)54)48-35-37-52-51-21-10-12-25-55(51)62(56(52)39-48,45-17-6-2-7-18-45)46-19-8-3-9-20-46/h1-40H. The van der Waals surface area contributed by atoms with E-state index in [4.69, 9.17) is 9.40 Å². The number of fused-ring (bicyclic) bond motifs is 7. The van der Waals surface area contributed by atoms with Crippen LogP contribution >= 0.6 is 11.3 Å². The van der Waals surface area contributed by atoms with Crippen LogP contribution in [-0.4, -0.2) is 4.98 Å². The fraction of sp³-hybridized carbons (Fsp3) is 0.0161. The van der Waals surface area contributed by atoms with E-state index in [1.807, 2.05) is 12.1 Å². The van der Waals surface area contributed by atoms with Gasteiger partial charge in [-0.25, -0.2) is 4.98 Å². The second-order valence-electron chi connectivity index (χ2n) is 17.0. The van der Waals surface area contributed by atoms with Crippen molar-refractivity contribution in [3.05, 3.63) is 265 Å². The summed E-state index contributed by atoms with van der Waals surface area (Å²) in [6.45, 7) is 0. The first kappa shape index (κ1) is 38.2. The molecule has 0 amide bonds. The normalized spacial score (nSPS) is 12.7. The molecule has 0 radical (unpaired) electrons. The van der Waals surface area contributed by atoms with Crippen molar-refractivity contribution in [2.75, 3.05) is 4.90 Å². The zero-order valence-corrected chi connectivity index (χ0v) is 36.6. The number of hydrogen-bond donors (Lipinski definition) is 0. The van der Waals surface area contributed by atoms with Gasteiger partial charge >= 0.3 is 0 Å². The van der Waals surface area contributed by atoms with E-state index in [0.29, 0.717) is 0 Å². The van der Waals surface area contributed by atoms with Crippen molar-refractivity contribution in [1.82, 2.24) is 4.98 Å². The number of para-hydroxylation sites is 2. The maximum atomic E-state index is 6.50. The maximum absolute atomic E-state index is 6.50. The van der Waals surface area contributed by atoms with E-state index in [-0.39, 0.29) is 0 Å². The zero-order valence-electron chi connectivity index (χ0n) is 35.8. The summed E-state index contributed by atoms with van der Waals surface area (Å²) in [6.07, 6.45) is 0. The first-order valence-electron chi connectivity index (χ1n) is 22.4. The van der Waals surface area contributed by atoms with Crippen molar-refractivity contribution in [2.24, 2.45) is 0 Å². The number of hydrogen-bond acceptors (Lipinski definition) is 4. The van der Waals surface area contributed by atoms with E-state index in [1.54, 1.807) is 11.3 Å². The fourth-order valence-electron chi connectivity index (χ4n) is 10.4. The Kier molecular flexibility index (Phi) is 8.93. The molecule has 1 aliphatic carbocycles. The predicted octanol–water partition coefficient (Wildman–Crippen LogP) is 17.0. The van der Waals surface area contributed by atoms with Crippen molar-refractivity contribution in [1.29, 1.82) is 0 Å². The van der Waals surface area contributed by atoms with Crippen LogP contribution in [0.15, 0.2) is 247 Å². The van der Waals surface area contributed by atoms with Gasteiger partial charge in [0.1, 0.15) is 16.2 Å². The molecule has 0 atom stereocenters. The Morgan fingerprint density at radius 2 is 0.955 bits per heavy atom. The van der Waals surface area contributed by atoms with Crippen LogP contribution in [-0.2, 0) is 5.41 Å². The third kappa shape index (κ3) is 6.07. The number of aromatic nitrogens is 1. The molecule has 10 aromatic carbocycles. The summed E-state index contributed by atoms with van der Waals surface area (Å²) in [6, 6.07) is 87.7. The Balaban J connectivity index is 0.977. The Morgan fingerprint density at radius 3 is 1.73 bits per heavy atom. The minimum atomic E-state index is -0.533. The molecule has 2 heterocycles. The van der Waals surface area contributed by atoms with Gasteiger partial charge in [-0.1, -0.05) is 194 Å². The highest BCUT2D eigenvalue weighted by Crippen LogP contribution is 2.57. The topological polar surface area (TPSA) is 29.3 Å². The predicted molar refractivity (Wildman–Crippen MR) is 275 cm³/mol. The van der Waals surface area contributed by atoms with Crippen LogP contribution in [0.25, 0.3) is 76.1 Å². The largest absolute Gasteiger partial charge is 0.455 e. The molecule has 310 valence electrons.